The molecule has 2 N–H and O–H groups in total. The van der Waals surface area contributed by atoms with Gasteiger partial charge in [0.1, 0.15) is 11.5 Å². The molecule has 1 saturated carbocycles. The van der Waals surface area contributed by atoms with Crippen LogP contribution in [-0.2, 0) is 20.9 Å². The Labute approximate surface area is 224 Å². The largest absolute Gasteiger partial charge is 0.478 e. The van der Waals surface area contributed by atoms with E-state index in [0.29, 0.717) is 31.2 Å². The van der Waals surface area contributed by atoms with Crippen molar-refractivity contribution in [2.75, 3.05) is 13.1 Å². The molecular weight excluding hydrogens is 482 g/mol. The van der Waals surface area contributed by atoms with Crippen LogP contribution in [-0.4, -0.2) is 51.6 Å². The Morgan fingerprint density at radius 3 is 2.53 bits per heavy atom. The number of nitrogens with zero attached hydrogens (tertiary/aromatic N) is 2. The molecular formula is C30H37N3O5. The molecule has 0 unspecified atom stereocenters. The van der Waals surface area contributed by atoms with Crippen molar-refractivity contribution in [3.63, 3.8) is 0 Å². The standard InChI is InChI=1S/C30H37N3O5/c1-19-11-12-22(15-20(2)27(19)38-30(4,5)29(35)36)16-33(18-26(34)31-24-13-14-24)17-25-21(3)37-28(32-25)23-9-7-6-8-10-23/h6-11,15,24H,12-14,16-18H2,1-5H3,(H,31,34)(H,35,36). The SMILES string of the molecule is CC1=CCC(CN(CC(=O)NC2CC2)Cc2nc(-c3ccccc3)oc2C)=CC(C)=C1OC(C)(C)C(=O)O. The third-order valence-electron chi connectivity index (χ3n) is 6.70. The van der Waals surface area contributed by atoms with Gasteiger partial charge < -0.3 is 19.6 Å². The highest BCUT2D eigenvalue weighted by molar-refractivity contribution is 5.78. The van der Waals surface area contributed by atoms with Gasteiger partial charge in [0.2, 0.25) is 11.8 Å². The van der Waals surface area contributed by atoms with Crippen molar-refractivity contribution in [1.29, 1.82) is 0 Å². The summed E-state index contributed by atoms with van der Waals surface area (Å²) in [5, 5.41) is 12.6. The van der Waals surface area contributed by atoms with Gasteiger partial charge in [-0.25, -0.2) is 9.78 Å². The zero-order valence-corrected chi connectivity index (χ0v) is 22.8. The van der Waals surface area contributed by atoms with Gasteiger partial charge in [0, 0.05) is 24.7 Å². The summed E-state index contributed by atoms with van der Waals surface area (Å²) in [5.74, 6) is 0.839. The van der Waals surface area contributed by atoms with Gasteiger partial charge >= 0.3 is 5.97 Å². The number of benzene rings is 1. The van der Waals surface area contributed by atoms with Crippen molar-refractivity contribution in [1.82, 2.24) is 15.2 Å². The topological polar surface area (TPSA) is 105 Å². The molecule has 0 radical (unpaired) electrons. The minimum Gasteiger partial charge on any atom is -0.478 e. The molecule has 1 heterocycles. The Balaban J connectivity index is 1.56. The van der Waals surface area contributed by atoms with E-state index in [9.17, 15) is 14.7 Å². The highest BCUT2D eigenvalue weighted by Crippen LogP contribution is 2.29. The minimum atomic E-state index is -1.35. The van der Waals surface area contributed by atoms with Crippen LogP contribution < -0.4 is 5.32 Å². The molecule has 4 rings (SSSR count). The second kappa shape index (κ2) is 11.4. The predicted octanol–water partition coefficient (Wildman–Crippen LogP) is 5.16. The van der Waals surface area contributed by atoms with E-state index in [4.69, 9.17) is 14.1 Å². The number of aliphatic carboxylic acids is 1. The zero-order chi connectivity index (χ0) is 27.4. The quantitative estimate of drug-likeness (QED) is 0.422. The molecule has 1 amide bonds. The maximum absolute atomic E-state index is 12.8. The van der Waals surface area contributed by atoms with E-state index < -0.39 is 11.6 Å². The van der Waals surface area contributed by atoms with Crippen molar-refractivity contribution < 1.29 is 23.8 Å². The fourth-order valence-electron chi connectivity index (χ4n) is 4.34. The van der Waals surface area contributed by atoms with E-state index in [2.05, 4.69) is 10.2 Å². The van der Waals surface area contributed by atoms with Gasteiger partial charge in [-0.05, 0) is 77.2 Å². The summed E-state index contributed by atoms with van der Waals surface area (Å²) in [4.78, 5) is 31.3. The number of carboxylic acids is 1. The molecule has 0 atom stereocenters. The number of carbonyl (C=O) groups excluding carboxylic acids is 1. The van der Waals surface area contributed by atoms with Crippen LogP contribution in [0.2, 0.25) is 0 Å². The number of hydrogen-bond acceptors (Lipinski definition) is 6. The van der Waals surface area contributed by atoms with Gasteiger partial charge in [-0.2, -0.15) is 0 Å². The molecule has 38 heavy (non-hydrogen) atoms. The van der Waals surface area contributed by atoms with Crippen LogP contribution in [0.4, 0.5) is 0 Å². The second-order valence-electron chi connectivity index (χ2n) is 10.7. The molecule has 0 bridgehead atoms. The summed E-state index contributed by atoms with van der Waals surface area (Å²) in [6, 6.07) is 10.0. The lowest BCUT2D eigenvalue weighted by molar-refractivity contribution is -0.156. The van der Waals surface area contributed by atoms with Crippen molar-refractivity contribution in [3.8, 4) is 11.5 Å². The molecule has 1 aromatic carbocycles. The first-order valence-corrected chi connectivity index (χ1v) is 13.0. The number of nitrogens with one attached hydrogen (secondary N) is 1. The number of aryl methyl sites for hydroxylation is 1. The van der Waals surface area contributed by atoms with Crippen LogP contribution in [0.3, 0.4) is 0 Å². The van der Waals surface area contributed by atoms with Crippen molar-refractivity contribution in [2.45, 2.75) is 72.1 Å². The van der Waals surface area contributed by atoms with E-state index in [0.717, 1.165) is 46.6 Å². The van der Waals surface area contributed by atoms with Crippen LogP contribution in [0.5, 0.6) is 0 Å². The number of hydrogen-bond donors (Lipinski definition) is 2. The van der Waals surface area contributed by atoms with Crippen molar-refractivity contribution in [3.05, 3.63) is 76.4 Å². The number of ether oxygens (including phenoxy) is 1. The number of carbonyl (C=O) groups is 2. The van der Waals surface area contributed by atoms with Crippen molar-refractivity contribution in [2.24, 2.45) is 0 Å². The summed E-state index contributed by atoms with van der Waals surface area (Å²) in [5.41, 5.74) is 3.19. The number of oxazole rings is 1. The van der Waals surface area contributed by atoms with Gasteiger partial charge in [0.05, 0.1) is 12.2 Å². The monoisotopic (exact) mass is 519 g/mol. The van der Waals surface area contributed by atoms with Crippen LogP contribution >= 0.6 is 0 Å². The summed E-state index contributed by atoms with van der Waals surface area (Å²) in [6.45, 7) is 10.1. The number of allylic oxidation sites excluding steroid dienone is 4. The first-order chi connectivity index (χ1) is 18.0. The Hall–Kier alpha value is -3.65. The highest BCUT2D eigenvalue weighted by atomic mass is 16.5. The normalized spacial score (nSPS) is 16.2. The van der Waals surface area contributed by atoms with Gasteiger partial charge in [-0.15, -0.1) is 0 Å². The van der Waals surface area contributed by atoms with Gasteiger partial charge in [0.25, 0.3) is 0 Å². The molecule has 8 heteroatoms. The molecule has 202 valence electrons. The van der Waals surface area contributed by atoms with Gasteiger partial charge in [-0.3, -0.25) is 9.69 Å². The Morgan fingerprint density at radius 2 is 1.87 bits per heavy atom. The molecule has 1 fully saturated rings. The van der Waals surface area contributed by atoms with E-state index >= 15 is 0 Å². The van der Waals surface area contributed by atoms with Gasteiger partial charge in [-0.1, -0.05) is 35.9 Å². The summed E-state index contributed by atoms with van der Waals surface area (Å²) < 4.78 is 11.9. The Kier molecular flexibility index (Phi) is 8.21. The second-order valence-corrected chi connectivity index (χ2v) is 10.7. The molecule has 2 aromatic rings. The molecule has 0 aliphatic heterocycles. The average Bonchev–Trinajstić information content (AvgIpc) is 3.62. The number of rotatable bonds is 11. The van der Waals surface area contributed by atoms with E-state index in [1.165, 1.54) is 0 Å². The Bertz CT molecular complexity index is 1280. The third-order valence-corrected chi connectivity index (χ3v) is 6.70. The molecule has 1 aromatic heterocycles. The molecule has 0 saturated heterocycles. The summed E-state index contributed by atoms with van der Waals surface area (Å²) >= 11 is 0. The highest BCUT2D eigenvalue weighted by Gasteiger charge is 2.31. The fourth-order valence-corrected chi connectivity index (χ4v) is 4.34. The Morgan fingerprint density at radius 1 is 1.16 bits per heavy atom. The van der Waals surface area contributed by atoms with Crippen LogP contribution in [0.1, 0.15) is 58.4 Å². The number of amides is 1. The first kappa shape index (κ1) is 27.4. The van der Waals surface area contributed by atoms with E-state index in [1.54, 1.807) is 13.8 Å². The molecule has 2 aliphatic rings. The smallest absolute Gasteiger partial charge is 0.347 e. The number of carboxylic acid groups (broad SMARTS) is 1. The predicted molar refractivity (Wildman–Crippen MR) is 145 cm³/mol. The molecule has 2 aliphatic carbocycles. The van der Waals surface area contributed by atoms with E-state index in [-0.39, 0.29) is 18.5 Å². The minimum absolute atomic E-state index is 0.00244. The molecule has 8 nitrogen and oxygen atoms in total. The van der Waals surface area contributed by atoms with Gasteiger partial charge in [0.15, 0.2) is 5.60 Å². The lowest BCUT2D eigenvalue weighted by Crippen LogP contribution is -2.39. The number of aromatic nitrogens is 1. The van der Waals surface area contributed by atoms with Crippen molar-refractivity contribution >= 4 is 11.9 Å². The lowest BCUT2D eigenvalue weighted by atomic mass is 10.1. The first-order valence-electron chi connectivity index (χ1n) is 13.0. The van der Waals surface area contributed by atoms with Crippen LogP contribution in [0.25, 0.3) is 11.5 Å². The maximum atomic E-state index is 12.8. The summed E-state index contributed by atoms with van der Waals surface area (Å²) in [7, 11) is 0. The molecule has 0 spiro atoms. The summed E-state index contributed by atoms with van der Waals surface area (Å²) in [6.07, 6.45) is 6.81. The maximum Gasteiger partial charge on any atom is 0.347 e. The lowest BCUT2D eigenvalue weighted by Gasteiger charge is -2.25. The van der Waals surface area contributed by atoms with Crippen LogP contribution in [0, 0.1) is 6.92 Å². The third kappa shape index (κ3) is 7.01. The van der Waals surface area contributed by atoms with Crippen LogP contribution in [0.15, 0.2) is 69.4 Å². The fraction of sp³-hybridized carbons (Fsp3) is 0.433. The zero-order valence-electron chi connectivity index (χ0n) is 22.8. The van der Waals surface area contributed by atoms with E-state index in [1.807, 2.05) is 63.3 Å². The average molecular weight is 520 g/mol.